The van der Waals surface area contributed by atoms with Crippen molar-refractivity contribution in [2.45, 2.75) is 40.0 Å². The van der Waals surface area contributed by atoms with Gasteiger partial charge in [0.1, 0.15) is 18.1 Å². The predicted molar refractivity (Wildman–Crippen MR) is 92.7 cm³/mol. The van der Waals surface area contributed by atoms with Crippen molar-refractivity contribution in [3.63, 3.8) is 0 Å². The Morgan fingerprint density at radius 1 is 1.14 bits per heavy atom. The Morgan fingerprint density at radius 3 is 2.64 bits per heavy atom. The van der Waals surface area contributed by atoms with Gasteiger partial charge >= 0.3 is 0 Å². The minimum atomic E-state index is 0.658. The Kier molecular flexibility index (Phi) is 6.78. The maximum absolute atomic E-state index is 5.89. The van der Waals surface area contributed by atoms with Crippen LogP contribution in [0.5, 0.6) is 11.5 Å². The number of rotatable bonds is 9. The van der Waals surface area contributed by atoms with Gasteiger partial charge in [0.2, 0.25) is 0 Å². The van der Waals surface area contributed by atoms with Gasteiger partial charge in [-0.25, -0.2) is 0 Å². The van der Waals surface area contributed by atoms with E-state index in [0.29, 0.717) is 6.61 Å². The highest BCUT2D eigenvalue weighted by molar-refractivity contribution is 5.71. The van der Waals surface area contributed by atoms with E-state index in [-0.39, 0.29) is 0 Å². The van der Waals surface area contributed by atoms with Crippen LogP contribution in [0.2, 0.25) is 0 Å². The monoisotopic (exact) mass is 303 g/mol. The molecule has 2 rings (SSSR count). The van der Waals surface area contributed by atoms with E-state index in [1.807, 2.05) is 12.1 Å². The highest BCUT2D eigenvalue weighted by Crippen LogP contribution is 2.32. The van der Waals surface area contributed by atoms with E-state index in [1.54, 1.807) is 0 Å². The molecule has 1 aromatic carbocycles. The quantitative estimate of drug-likeness (QED) is 0.632. The first kappa shape index (κ1) is 16.9. The molecular formula is C19H29NO2. The van der Waals surface area contributed by atoms with Gasteiger partial charge in [-0.3, -0.25) is 0 Å². The molecule has 0 spiro atoms. The molecule has 0 aliphatic carbocycles. The first-order valence-electron chi connectivity index (χ1n) is 8.53. The van der Waals surface area contributed by atoms with Gasteiger partial charge in [-0.2, -0.15) is 0 Å². The van der Waals surface area contributed by atoms with Crippen LogP contribution in [-0.2, 0) is 0 Å². The lowest BCUT2D eigenvalue weighted by atomic mass is 10.0. The molecule has 1 aliphatic rings. The number of hydrogen-bond acceptors (Lipinski definition) is 3. The molecule has 0 unspecified atom stereocenters. The summed E-state index contributed by atoms with van der Waals surface area (Å²) in [7, 11) is 0. The average Bonchev–Trinajstić information content (AvgIpc) is 2.52. The summed E-state index contributed by atoms with van der Waals surface area (Å²) in [5.41, 5.74) is 2.46. The molecule has 0 N–H and O–H groups in total. The van der Waals surface area contributed by atoms with Crippen molar-refractivity contribution >= 4 is 5.57 Å². The van der Waals surface area contributed by atoms with Crippen LogP contribution in [0.4, 0.5) is 0 Å². The minimum absolute atomic E-state index is 0.658. The summed E-state index contributed by atoms with van der Waals surface area (Å²) < 4.78 is 11.6. The second-order valence-electron chi connectivity index (χ2n) is 5.90. The summed E-state index contributed by atoms with van der Waals surface area (Å²) in [6.45, 7) is 11.5. The van der Waals surface area contributed by atoms with E-state index in [0.717, 1.165) is 31.1 Å². The normalized spacial score (nSPS) is 13.5. The van der Waals surface area contributed by atoms with E-state index in [1.165, 1.54) is 37.1 Å². The summed E-state index contributed by atoms with van der Waals surface area (Å²) in [4.78, 5) is 2.52. The van der Waals surface area contributed by atoms with Crippen molar-refractivity contribution in [3.05, 3.63) is 29.8 Å². The fourth-order valence-electron chi connectivity index (χ4n) is 2.85. The molecule has 1 heterocycles. The lowest BCUT2D eigenvalue weighted by molar-refractivity contribution is 0.234. The van der Waals surface area contributed by atoms with Gasteiger partial charge in [0, 0.05) is 18.2 Å². The van der Waals surface area contributed by atoms with Gasteiger partial charge in [-0.05, 0) is 63.1 Å². The zero-order valence-corrected chi connectivity index (χ0v) is 14.2. The number of nitrogens with zero attached hydrogens (tertiary/aromatic N) is 1. The first-order chi connectivity index (χ1) is 10.7. The number of benzene rings is 1. The van der Waals surface area contributed by atoms with Crippen molar-refractivity contribution in [1.82, 2.24) is 4.90 Å². The first-order valence-corrected chi connectivity index (χ1v) is 8.53. The standard InChI is InChI=1S/C19H29NO2/c1-4-10-20(11-5-2)12-6-13-21-17-7-8-18-16(3)9-14-22-19(18)15-17/h7-9,15H,4-6,10-14H2,1-3H3. The van der Waals surface area contributed by atoms with Crippen LogP contribution in [0.1, 0.15) is 45.6 Å². The van der Waals surface area contributed by atoms with Crippen molar-refractivity contribution < 1.29 is 9.47 Å². The molecule has 0 radical (unpaired) electrons. The SMILES string of the molecule is CCCN(CCC)CCCOc1ccc2c(c1)OCC=C2C. The van der Waals surface area contributed by atoms with Crippen molar-refractivity contribution in [3.8, 4) is 11.5 Å². The second kappa shape index (κ2) is 8.84. The van der Waals surface area contributed by atoms with Gasteiger partial charge in [0.25, 0.3) is 0 Å². The molecule has 0 saturated carbocycles. The third-order valence-corrected chi connectivity index (χ3v) is 3.97. The van der Waals surface area contributed by atoms with Gasteiger partial charge in [0.05, 0.1) is 6.61 Å². The van der Waals surface area contributed by atoms with Gasteiger partial charge in [-0.15, -0.1) is 0 Å². The van der Waals surface area contributed by atoms with Crippen molar-refractivity contribution in [2.24, 2.45) is 0 Å². The van der Waals surface area contributed by atoms with Crippen LogP contribution in [-0.4, -0.2) is 37.7 Å². The molecule has 1 aliphatic heterocycles. The van der Waals surface area contributed by atoms with E-state index in [9.17, 15) is 0 Å². The molecule has 0 bridgehead atoms. The average molecular weight is 303 g/mol. The highest BCUT2D eigenvalue weighted by atomic mass is 16.5. The fourth-order valence-corrected chi connectivity index (χ4v) is 2.85. The summed E-state index contributed by atoms with van der Waals surface area (Å²) in [5.74, 6) is 1.85. The molecule has 122 valence electrons. The number of hydrogen-bond donors (Lipinski definition) is 0. The summed E-state index contributed by atoms with van der Waals surface area (Å²) in [5, 5.41) is 0. The largest absolute Gasteiger partial charge is 0.493 e. The van der Waals surface area contributed by atoms with E-state index in [4.69, 9.17) is 9.47 Å². The van der Waals surface area contributed by atoms with Gasteiger partial charge in [0.15, 0.2) is 0 Å². The van der Waals surface area contributed by atoms with Gasteiger partial charge in [-0.1, -0.05) is 13.8 Å². The third kappa shape index (κ3) is 4.77. The number of ether oxygens (including phenoxy) is 2. The second-order valence-corrected chi connectivity index (χ2v) is 5.90. The highest BCUT2D eigenvalue weighted by Gasteiger charge is 2.11. The maximum atomic E-state index is 5.89. The molecule has 0 amide bonds. The zero-order valence-electron chi connectivity index (χ0n) is 14.2. The van der Waals surface area contributed by atoms with Crippen LogP contribution in [0.15, 0.2) is 24.3 Å². The Balaban J connectivity index is 1.79. The molecule has 22 heavy (non-hydrogen) atoms. The molecule has 0 atom stereocenters. The third-order valence-electron chi connectivity index (χ3n) is 3.97. The summed E-state index contributed by atoms with van der Waals surface area (Å²) >= 11 is 0. The van der Waals surface area contributed by atoms with E-state index < -0.39 is 0 Å². The molecule has 1 aromatic rings. The summed E-state index contributed by atoms with van der Waals surface area (Å²) in [6.07, 6.45) is 5.61. The molecule has 0 aromatic heterocycles. The Labute approximate surface area is 134 Å². The molecule has 3 nitrogen and oxygen atoms in total. The molecular weight excluding hydrogens is 274 g/mol. The molecule has 0 saturated heterocycles. The van der Waals surface area contributed by atoms with Crippen LogP contribution >= 0.6 is 0 Å². The Morgan fingerprint density at radius 2 is 1.91 bits per heavy atom. The van der Waals surface area contributed by atoms with Crippen LogP contribution < -0.4 is 9.47 Å². The number of allylic oxidation sites excluding steroid dienone is 1. The topological polar surface area (TPSA) is 21.7 Å². The van der Waals surface area contributed by atoms with E-state index >= 15 is 0 Å². The zero-order chi connectivity index (χ0) is 15.8. The summed E-state index contributed by atoms with van der Waals surface area (Å²) in [6, 6.07) is 6.15. The van der Waals surface area contributed by atoms with Crippen LogP contribution in [0.3, 0.4) is 0 Å². The van der Waals surface area contributed by atoms with Crippen LogP contribution in [0, 0.1) is 0 Å². The van der Waals surface area contributed by atoms with Crippen molar-refractivity contribution in [1.29, 1.82) is 0 Å². The molecule has 0 fully saturated rings. The van der Waals surface area contributed by atoms with Crippen molar-refractivity contribution in [2.75, 3.05) is 32.8 Å². The Hall–Kier alpha value is -1.48. The minimum Gasteiger partial charge on any atom is -0.493 e. The fraction of sp³-hybridized carbons (Fsp3) is 0.579. The lowest BCUT2D eigenvalue weighted by Crippen LogP contribution is -2.27. The number of fused-ring (bicyclic) bond motifs is 1. The predicted octanol–water partition coefficient (Wildman–Crippen LogP) is 4.37. The van der Waals surface area contributed by atoms with Crippen LogP contribution in [0.25, 0.3) is 5.57 Å². The smallest absolute Gasteiger partial charge is 0.130 e. The lowest BCUT2D eigenvalue weighted by Gasteiger charge is -2.21. The van der Waals surface area contributed by atoms with Gasteiger partial charge < -0.3 is 14.4 Å². The van der Waals surface area contributed by atoms with E-state index in [2.05, 4.69) is 37.8 Å². The Bertz CT molecular complexity index is 490. The maximum Gasteiger partial charge on any atom is 0.130 e. The molecule has 3 heteroatoms.